The van der Waals surface area contributed by atoms with Crippen LogP contribution in [0.3, 0.4) is 0 Å². The van der Waals surface area contributed by atoms with Gasteiger partial charge in [-0.15, -0.1) is 5.10 Å². The molecule has 13 heteroatoms. The summed E-state index contributed by atoms with van der Waals surface area (Å²) < 4.78 is 40.8. The minimum atomic E-state index is -4.75. The third kappa shape index (κ3) is 4.23. The number of anilines is 1. The Bertz CT molecular complexity index is 1050. The zero-order valence-corrected chi connectivity index (χ0v) is 16.2. The minimum absolute atomic E-state index is 0.125. The first-order chi connectivity index (χ1) is 13.1. The molecule has 1 N–H and O–H groups in total. The monoisotopic (exact) mass is 452 g/mol. The lowest BCUT2D eigenvalue weighted by atomic mass is 10.2. The van der Waals surface area contributed by atoms with E-state index < -0.39 is 28.5 Å². The molecule has 2 aromatic heterocycles. The summed E-state index contributed by atoms with van der Waals surface area (Å²) in [6.45, 7) is 0.280. The number of carbonyl (C=O) groups excluding carboxylic acids is 1. The number of nitrogens with one attached hydrogen (secondary N) is 1. The molecule has 0 bridgehead atoms. The van der Waals surface area contributed by atoms with Gasteiger partial charge in [0.05, 0.1) is 16.6 Å². The Hall–Kier alpha value is -2.30. The average Bonchev–Trinajstić information content (AvgIpc) is 3.14. The van der Waals surface area contributed by atoms with Gasteiger partial charge in [-0.2, -0.15) is 18.3 Å². The predicted octanol–water partition coefficient (Wildman–Crippen LogP) is 4.29. The third-order valence-corrected chi connectivity index (χ3v) is 4.66. The first kappa shape index (κ1) is 20.4. The molecule has 0 fully saturated rings. The van der Waals surface area contributed by atoms with Crippen molar-refractivity contribution in [3.8, 4) is 0 Å². The molecule has 148 valence electrons. The van der Waals surface area contributed by atoms with Crippen LogP contribution < -0.4 is 5.32 Å². The lowest BCUT2D eigenvalue weighted by Crippen LogP contribution is -2.15. The van der Waals surface area contributed by atoms with Crippen LogP contribution in [-0.4, -0.2) is 30.5 Å². The number of nitrogens with zero attached hydrogens (tertiary/aromatic N) is 5. The van der Waals surface area contributed by atoms with Crippen molar-refractivity contribution < 1.29 is 18.0 Å². The van der Waals surface area contributed by atoms with Crippen LogP contribution in [0.25, 0.3) is 0 Å². The van der Waals surface area contributed by atoms with Gasteiger partial charge >= 0.3 is 6.18 Å². The van der Waals surface area contributed by atoms with Crippen molar-refractivity contribution in [1.82, 2.24) is 24.5 Å². The number of aryl methyl sites for hydroxylation is 1. The predicted molar refractivity (Wildman–Crippen MR) is 96.8 cm³/mol. The Kier molecular flexibility index (Phi) is 5.55. The highest BCUT2D eigenvalue weighted by Gasteiger charge is 2.40. The second-order valence-corrected chi connectivity index (χ2v) is 6.79. The Morgan fingerprint density at radius 3 is 2.50 bits per heavy atom. The van der Waals surface area contributed by atoms with Crippen LogP contribution >= 0.6 is 34.8 Å². The molecule has 0 atom stereocenters. The van der Waals surface area contributed by atoms with E-state index in [0.717, 1.165) is 12.6 Å². The smallest absolute Gasteiger partial charge is 0.288 e. The molecule has 0 aliphatic heterocycles. The van der Waals surface area contributed by atoms with E-state index in [4.69, 9.17) is 34.8 Å². The highest BCUT2D eigenvalue weighted by Crippen LogP contribution is 2.36. The van der Waals surface area contributed by atoms with Crippen molar-refractivity contribution in [3.05, 3.63) is 56.5 Å². The highest BCUT2D eigenvalue weighted by molar-refractivity contribution is 6.42. The number of halogens is 6. The fraction of sp³-hybridized carbons (Fsp3) is 0.200. The number of amides is 1. The van der Waals surface area contributed by atoms with Crippen molar-refractivity contribution in [3.63, 3.8) is 0 Å². The van der Waals surface area contributed by atoms with Crippen LogP contribution in [0.5, 0.6) is 0 Å². The number of alkyl halides is 3. The molecule has 7 nitrogen and oxygen atoms in total. The molecule has 0 radical (unpaired) electrons. The molecule has 3 rings (SSSR count). The van der Waals surface area contributed by atoms with Gasteiger partial charge in [0.1, 0.15) is 11.3 Å². The molecule has 0 saturated heterocycles. The topological polar surface area (TPSA) is 77.6 Å². The molecule has 0 aliphatic carbocycles. The molecule has 0 spiro atoms. The SMILES string of the molecule is Cn1nc(C(=O)Nc2ncn(Cc3ccc(Cl)c(Cl)c3)n2)c(Cl)c1C(F)(F)F. The van der Waals surface area contributed by atoms with E-state index in [2.05, 4.69) is 20.5 Å². The van der Waals surface area contributed by atoms with E-state index >= 15 is 0 Å². The van der Waals surface area contributed by atoms with Gasteiger partial charge in [0.25, 0.3) is 5.91 Å². The third-order valence-electron chi connectivity index (χ3n) is 3.56. The van der Waals surface area contributed by atoms with Gasteiger partial charge in [-0.25, -0.2) is 9.67 Å². The first-order valence-corrected chi connectivity index (χ1v) is 8.64. The van der Waals surface area contributed by atoms with Crippen molar-refractivity contribution in [2.75, 3.05) is 5.32 Å². The maximum Gasteiger partial charge on any atom is 0.434 e. The van der Waals surface area contributed by atoms with Crippen LogP contribution in [0.15, 0.2) is 24.5 Å². The van der Waals surface area contributed by atoms with Gasteiger partial charge in [0.15, 0.2) is 11.4 Å². The second-order valence-electron chi connectivity index (χ2n) is 5.60. The Balaban J connectivity index is 1.75. The molecular weight excluding hydrogens is 444 g/mol. The number of carbonyl (C=O) groups is 1. The van der Waals surface area contributed by atoms with Crippen LogP contribution in [-0.2, 0) is 19.8 Å². The summed E-state index contributed by atoms with van der Waals surface area (Å²) in [4.78, 5) is 16.1. The minimum Gasteiger partial charge on any atom is -0.288 e. The number of hydrogen-bond acceptors (Lipinski definition) is 4. The zero-order valence-electron chi connectivity index (χ0n) is 13.9. The van der Waals surface area contributed by atoms with Gasteiger partial charge < -0.3 is 0 Å². The Morgan fingerprint density at radius 1 is 1.18 bits per heavy atom. The van der Waals surface area contributed by atoms with Gasteiger partial charge in [0.2, 0.25) is 5.95 Å². The van der Waals surface area contributed by atoms with Crippen molar-refractivity contribution >= 4 is 46.7 Å². The van der Waals surface area contributed by atoms with E-state index in [1.54, 1.807) is 18.2 Å². The van der Waals surface area contributed by atoms with Gasteiger partial charge in [0, 0.05) is 7.05 Å². The normalized spacial score (nSPS) is 11.7. The van der Waals surface area contributed by atoms with Crippen molar-refractivity contribution in [2.45, 2.75) is 12.7 Å². The van der Waals surface area contributed by atoms with Gasteiger partial charge in [-0.05, 0) is 17.7 Å². The number of aromatic nitrogens is 5. The molecule has 0 unspecified atom stereocenters. The fourth-order valence-electron chi connectivity index (χ4n) is 2.36. The second kappa shape index (κ2) is 7.61. The number of hydrogen-bond donors (Lipinski definition) is 1. The number of benzene rings is 1. The summed E-state index contributed by atoms with van der Waals surface area (Å²) in [5, 5.41) is 9.79. The highest BCUT2D eigenvalue weighted by atomic mass is 35.5. The lowest BCUT2D eigenvalue weighted by molar-refractivity contribution is -0.143. The molecule has 1 aromatic carbocycles. The van der Waals surface area contributed by atoms with E-state index in [1.807, 2.05) is 0 Å². The molecule has 1 amide bonds. The average molecular weight is 454 g/mol. The molecule has 2 heterocycles. The fourth-order valence-corrected chi connectivity index (χ4v) is 3.04. The van der Waals surface area contributed by atoms with Crippen LogP contribution in [0, 0.1) is 0 Å². The summed E-state index contributed by atoms with van der Waals surface area (Å²) in [6, 6.07) is 5.01. The standard InChI is InChI=1S/C15H10Cl3F3N6O/c1-26-12(15(19,20)21)10(18)11(24-26)13(28)23-14-22-6-27(25-14)5-7-2-3-8(16)9(17)4-7/h2-4,6H,5H2,1H3,(H,23,25,28). The number of rotatable bonds is 4. The maximum atomic E-state index is 13.0. The molecular formula is C15H10Cl3F3N6O. The quantitative estimate of drug-likeness (QED) is 0.639. The summed E-state index contributed by atoms with van der Waals surface area (Å²) >= 11 is 17.5. The largest absolute Gasteiger partial charge is 0.434 e. The first-order valence-electron chi connectivity index (χ1n) is 7.50. The van der Waals surface area contributed by atoms with E-state index in [1.165, 1.54) is 11.0 Å². The van der Waals surface area contributed by atoms with E-state index in [0.29, 0.717) is 14.7 Å². The van der Waals surface area contributed by atoms with Crippen LogP contribution in [0.1, 0.15) is 21.7 Å². The van der Waals surface area contributed by atoms with Crippen molar-refractivity contribution in [1.29, 1.82) is 0 Å². The Morgan fingerprint density at radius 2 is 1.89 bits per heavy atom. The molecule has 0 aliphatic rings. The lowest BCUT2D eigenvalue weighted by Gasteiger charge is -2.06. The van der Waals surface area contributed by atoms with Crippen molar-refractivity contribution in [2.24, 2.45) is 7.05 Å². The summed E-state index contributed by atoms with van der Waals surface area (Å²) in [7, 11) is 1.04. The summed E-state index contributed by atoms with van der Waals surface area (Å²) in [5.41, 5.74) is -1.03. The van der Waals surface area contributed by atoms with Crippen LogP contribution in [0.2, 0.25) is 15.1 Å². The van der Waals surface area contributed by atoms with Gasteiger partial charge in [-0.1, -0.05) is 40.9 Å². The van der Waals surface area contributed by atoms with E-state index in [9.17, 15) is 18.0 Å². The Labute approximate surface area is 171 Å². The zero-order chi connectivity index (χ0) is 20.6. The summed E-state index contributed by atoms with van der Waals surface area (Å²) in [6.07, 6.45) is -3.42. The van der Waals surface area contributed by atoms with Gasteiger partial charge in [-0.3, -0.25) is 14.8 Å². The van der Waals surface area contributed by atoms with E-state index in [-0.39, 0.29) is 12.5 Å². The summed E-state index contributed by atoms with van der Waals surface area (Å²) in [5.74, 6) is -1.09. The maximum absolute atomic E-state index is 13.0. The van der Waals surface area contributed by atoms with Crippen LogP contribution in [0.4, 0.5) is 19.1 Å². The molecule has 3 aromatic rings. The molecule has 28 heavy (non-hydrogen) atoms. The molecule has 0 saturated carbocycles.